The molecule has 0 bridgehead atoms. The zero-order chi connectivity index (χ0) is 15.9. The minimum atomic E-state index is -1.08. The molecule has 0 aliphatic heterocycles. The summed E-state index contributed by atoms with van der Waals surface area (Å²) in [6.45, 7) is 2.60. The Morgan fingerprint density at radius 2 is 2.09 bits per heavy atom. The maximum atomic E-state index is 11.2. The Morgan fingerprint density at radius 3 is 2.68 bits per heavy atom. The minimum Gasteiger partial charge on any atom is -0.477 e. The molecule has 0 fully saturated rings. The molecular weight excluding hydrogens is 282 g/mol. The molecule has 7 heteroatoms. The Hall–Kier alpha value is -3.14. The number of nitriles is 1. The van der Waals surface area contributed by atoms with Crippen LogP contribution in [0, 0.1) is 11.3 Å². The van der Waals surface area contributed by atoms with Crippen LogP contribution in [0.2, 0.25) is 0 Å². The number of rotatable bonds is 6. The van der Waals surface area contributed by atoms with Gasteiger partial charge in [-0.25, -0.2) is 9.78 Å². The van der Waals surface area contributed by atoms with Crippen molar-refractivity contribution in [2.45, 2.75) is 13.3 Å². The molecular formula is C15H15N5O2. The molecule has 3 N–H and O–H groups in total. The summed E-state index contributed by atoms with van der Waals surface area (Å²) in [7, 11) is 0. The number of aromatic nitrogens is 2. The van der Waals surface area contributed by atoms with Gasteiger partial charge in [-0.3, -0.25) is 0 Å². The maximum Gasteiger partial charge on any atom is 0.341 e. The summed E-state index contributed by atoms with van der Waals surface area (Å²) in [5.74, 6) is -0.516. The van der Waals surface area contributed by atoms with Gasteiger partial charge in [-0.1, -0.05) is 6.92 Å². The van der Waals surface area contributed by atoms with Crippen molar-refractivity contribution in [3.63, 3.8) is 0 Å². The molecule has 0 saturated carbocycles. The summed E-state index contributed by atoms with van der Waals surface area (Å²) in [4.78, 5) is 19.3. The Bertz CT molecular complexity index is 707. The lowest BCUT2D eigenvalue weighted by Crippen LogP contribution is -2.11. The Balaban J connectivity index is 2.23. The molecule has 0 spiro atoms. The third kappa shape index (κ3) is 3.70. The van der Waals surface area contributed by atoms with Crippen LogP contribution in [0.3, 0.4) is 0 Å². The highest BCUT2D eigenvalue weighted by Gasteiger charge is 2.13. The quantitative estimate of drug-likeness (QED) is 0.751. The van der Waals surface area contributed by atoms with Gasteiger partial charge < -0.3 is 15.7 Å². The van der Waals surface area contributed by atoms with Gasteiger partial charge in [0.2, 0.25) is 5.95 Å². The summed E-state index contributed by atoms with van der Waals surface area (Å²) >= 11 is 0. The van der Waals surface area contributed by atoms with E-state index in [1.807, 2.05) is 13.0 Å². The van der Waals surface area contributed by atoms with Crippen molar-refractivity contribution in [2.75, 3.05) is 17.2 Å². The van der Waals surface area contributed by atoms with Crippen molar-refractivity contribution in [2.24, 2.45) is 0 Å². The molecule has 0 amide bonds. The van der Waals surface area contributed by atoms with E-state index in [0.29, 0.717) is 17.8 Å². The molecule has 1 aromatic heterocycles. The van der Waals surface area contributed by atoms with Crippen LogP contribution in [0.4, 0.5) is 17.5 Å². The van der Waals surface area contributed by atoms with Crippen molar-refractivity contribution in [1.29, 1.82) is 5.26 Å². The molecule has 1 heterocycles. The smallest absolute Gasteiger partial charge is 0.341 e. The van der Waals surface area contributed by atoms with Crippen LogP contribution in [-0.2, 0) is 0 Å². The number of carbonyl (C=O) groups is 1. The molecule has 0 radical (unpaired) electrons. The lowest BCUT2D eigenvalue weighted by Gasteiger charge is -2.10. The van der Waals surface area contributed by atoms with E-state index in [1.54, 1.807) is 24.3 Å². The zero-order valence-corrected chi connectivity index (χ0v) is 12.0. The lowest BCUT2D eigenvalue weighted by molar-refractivity contribution is 0.0697. The number of nitrogens with one attached hydrogen (secondary N) is 2. The van der Waals surface area contributed by atoms with Gasteiger partial charge in [0.05, 0.1) is 11.6 Å². The highest BCUT2D eigenvalue weighted by molar-refractivity contribution is 5.93. The van der Waals surface area contributed by atoms with Crippen LogP contribution in [0.25, 0.3) is 0 Å². The molecule has 22 heavy (non-hydrogen) atoms. The average Bonchev–Trinajstić information content (AvgIpc) is 2.53. The van der Waals surface area contributed by atoms with Crippen LogP contribution in [0.5, 0.6) is 0 Å². The first-order valence-corrected chi connectivity index (χ1v) is 6.75. The van der Waals surface area contributed by atoms with Crippen LogP contribution in [0.1, 0.15) is 29.3 Å². The third-order valence-electron chi connectivity index (χ3n) is 2.83. The highest BCUT2D eigenvalue weighted by Crippen LogP contribution is 2.18. The Labute approximate surface area is 127 Å². The van der Waals surface area contributed by atoms with Gasteiger partial charge >= 0.3 is 5.97 Å². The molecule has 0 saturated heterocycles. The van der Waals surface area contributed by atoms with E-state index in [9.17, 15) is 4.79 Å². The first-order chi connectivity index (χ1) is 10.6. The minimum absolute atomic E-state index is 0.0267. The van der Waals surface area contributed by atoms with E-state index < -0.39 is 5.97 Å². The maximum absolute atomic E-state index is 11.2. The Kier molecular flexibility index (Phi) is 4.88. The Morgan fingerprint density at radius 1 is 1.36 bits per heavy atom. The SMILES string of the molecule is CCCNc1nc(Nc2ccc(C#N)cc2)ncc1C(=O)O. The predicted molar refractivity (Wildman–Crippen MR) is 82.2 cm³/mol. The second-order valence-electron chi connectivity index (χ2n) is 4.50. The fourth-order valence-corrected chi connectivity index (χ4v) is 1.73. The molecule has 7 nitrogen and oxygen atoms in total. The van der Waals surface area contributed by atoms with E-state index >= 15 is 0 Å². The highest BCUT2D eigenvalue weighted by atomic mass is 16.4. The second-order valence-corrected chi connectivity index (χ2v) is 4.50. The van der Waals surface area contributed by atoms with Gasteiger partial charge in [0.1, 0.15) is 11.4 Å². The molecule has 2 aromatic rings. The number of anilines is 3. The summed E-state index contributed by atoms with van der Waals surface area (Å²) in [6.07, 6.45) is 2.11. The van der Waals surface area contributed by atoms with E-state index in [1.165, 1.54) is 6.20 Å². The number of carboxylic acid groups (broad SMARTS) is 1. The third-order valence-corrected chi connectivity index (χ3v) is 2.83. The summed E-state index contributed by atoms with van der Waals surface area (Å²) in [5, 5.41) is 23.8. The second kappa shape index (κ2) is 7.04. The van der Waals surface area contributed by atoms with Crippen LogP contribution >= 0.6 is 0 Å². The number of aromatic carboxylic acids is 1. The fraction of sp³-hybridized carbons (Fsp3) is 0.200. The van der Waals surface area contributed by atoms with Gasteiger partial charge in [-0.15, -0.1) is 0 Å². The first-order valence-electron chi connectivity index (χ1n) is 6.75. The van der Waals surface area contributed by atoms with E-state index in [4.69, 9.17) is 10.4 Å². The molecule has 112 valence electrons. The van der Waals surface area contributed by atoms with Crippen molar-refractivity contribution >= 4 is 23.4 Å². The predicted octanol–water partition coefficient (Wildman–Crippen LogP) is 2.61. The van der Waals surface area contributed by atoms with Gasteiger partial charge in [0.15, 0.2) is 0 Å². The normalized spacial score (nSPS) is 9.82. The summed E-state index contributed by atoms with van der Waals surface area (Å²) in [6, 6.07) is 8.83. The largest absolute Gasteiger partial charge is 0.477 e. The summed E-state index contributed by atoms with van der Waals surface area (Å²) in [5.41, 5.74) is 1.29. The summed E-state index contributed by atoms with van der Waals surface area (Å²) < 4.78 is 0. The van der Waals surface area contributed by atoms with Crippen molar-refractivity contribution in [1.82, 2.24) is 9.97 Å². The monoisotopic (exact) mass is 297 g/mol. The molecule has 0 aliphatic rings. The topological polar surface area (TPSA) is 111 Å². The standard InChI is InChI=1S/C15H15N5O2/c1-2-7-17-13-12(14(21)22)9-18-15(20-13)19-11-5-3-10(8-16)4-6-11/h3-6,9H,2,7H2,1H3,(H,21,22)(H2,17,18,19,20). The van der Waals surface area contributed by atoms with Gasteiger partial charge in [0, 0.05) is 18.4 Å². The van der Waals surface area contributed by atoms with Crippen LogP contribution < -0.4 is 10.6 Å². The van der Waals surface area contributed by atoms with Gasteiger partial charge in [-0.2, -0.15) is 10.2 Å². The molecule has 1 aromatic carbocycles. The number of hydrogen-bond donors (Lipinski definition) is 3. The van der Waals surface area contributed by atoms with Crippen molar-refractivity contribution in [3.05, 3.63) is 41.6 Å². The first kappa shape index (κ1) is 15.3. The van der Waals surface area contributed by atoms with E-state index in [-0.39, 0.29) is 17.3 Å². The molecule has 2 rings (SSSR count). The number of benzene rings is 1. The van der Waals surface area contributed by atoms with Gasteiger partial charge in [0.25, 0.3) is 0 Å². The average molecular weight is 297 g/mol. The molecule has 0 unspecified atom stereocenters. The zero-order valence-electron chi connectivity index (χ0n) is 12.0. The fourth-order valence-electron chi connectivity index (χ4n) is 1.73. The van der Waals surface area contributed by atoms with Crippen LogP contribution in [-0.4, -0.2) is 27.6 Å². The molecule has 0 aliphatic carbocycles. The number of carboxylic acids is 1. The van der Waals surface area contributed by atoms with E-state index in [0.717, 1.165) is 6.42 Å². The van der Waals surface area contributed by atoms with E-state index in [2.05, 4.69) is 20.6 Å². The van der Waals surface area contributed by atoms with Crippen molar-refractivity contribution in [3.8, 4) is 6.07 Å². The lowest BCUT2D eigenvalue weighted by atomic mass is 10.2. The number of nitrogens with zero attached hydrogens (tertiary/aromatic N) is 3. The van der Waals surface area contributed by atoms with Crippen molar-refractivity contribution < 1.29 is 9.90 Å². The number of hydrogen-bond acceptors (Lipinski definition) is 6. The van der Waals surface area contributed by atoms with Gasteiger partial charge in [-0.05, 0) is 30.7 Å². The molecule has 0 atom stereocenters. The van der Waals surface area contributed by atoms with Crippen LogP contribution in [0.15, 0.2) is 30.5 Å².